The molecule has 0 saturated carbocycles. The summed E-state index contributed by atoms with van der Waals surface area (Å²) in [5.41, 5.74) is 3.05. The first-order chi connectivity index (χ1) is 16.1. The highest BCUT2D eigenvalue weighted by atomic mass is 35.5. The summed E-state index contributed by atoms with van der Waals surface area (Å²) < 4.78 is 5.76. The number of hydrogen-bond acceptors (Lipinski definition) is 5. The first-order valence-corrected chi connectivity index (χ1v) is 12.0. The second kappa shape index (κ2) is 11.6. The average Bonchev–Trinajstić information content (AvgIpc) is 2.79. The Morgan fingerprint density at radius 3 is 2.50 bits per heavy atom. The van der Waals surface area contributed by atoms with Gasteiger partial charge in [-0.25, -0.2) is 0 Å². The van der Waals surface area contributed by atoms with Gasteiger partial charge in [0, 0.05) is 31.7 Å². The standard InChI is InChI=1S/C25H31ClN4O3S/c1-16(2)19-7-5-17(3)13-22(19)33-15-23(31)28-25(34)27-21-14-18(6-8-20(21)26)24(32)30-11-9-29(4)10-12-30/h5-8,13-14,16H,9-12,15H2,1-4H3,(H2,27,28,31,34). The molecule has 0 aromatic heterocycles. The summed E-state index contributed by atoms with van der Waals surface area (Å²) in [5.74, 6) is 0.497. The van der Waals surface area contributed by atoms with Crippen LogP contribution < -0.4 is 15.4 Å². The number of nitrogens with one attached hydrogen (secondary N) is 2. The van der Waals surface area contributed by atoms with Gasteiger partial charge in [0.1, 0.15) is 5.75 Å². The van der Waals surface area contributed by atoms with E-state index >= 15 is 0 Å². The average molecular weight is 503 g/mol. The number of amides is 2. The molecule has 9 heteroatoms. The molecule has 182 valence electrons. The Balaban J connectivity index is 1.58. The number of thiocarbonyl (C=S) groups is 1. The van der Waals surface area contributed by atoms with Crippen molar-refractivity contribution in [2.75, 3.05) is 45.2 Å². The van der Waals surface area contributed by atoms with Gasteiger partial charge in [-0.2, -0.15) is 0 Å². The van der Waals surface area contributed by atoms with Crippen LogP contribution in [0.1, 0.15) is 41.3 Å². The second-order valence-corrected chi connectivity index (χ2v) is 9.59. The van der Waals surface area contributed by atoms with E-state index in [-0.39, 0.29) is 23.5 Å². The molecule has 0 bridgehead atoms. The van der Waals surface area contributed by atoms with Crippen molar-refractivity contribution in [3.8, 4) is 5.75 Å². The maximum absolute atomic E-state index is 12.9. The lowest BCUT2D eigenvalue weighted by molar-refractivity contribution is -0.121. The molecular weight excluding hydrogens is 472 g/mol. The van der Waals surface area contributed by atoms with Gasteiger partial charge in [0.05, 0.1) is 10.7 Å². The van der Waals surface area contributed by atoms with Crippen molar-refractivity contribution in [2.24, 2.45) is 0 Å². The van der Waals surface area contributed by atoms with Crippen molar-refractivity contribution < 1.29 is 14.3 Å². The Bertz CT molecular complexity index is 1070. The van der Waals surface area contributed by atoms with Crippen LogP contribution in [0.4, 0.5) is 5.69 Å². The normalized spacial score (nSPS) is 14.1. The molecule has 1 fully saturated rings. The molecule has 1 heterocycles. The largest absolute Gasteiger partial charge is 0.483 e. The van der Waals surface area contributed by atoms with Gasteiger partial charge >= 0.3 is 0 Å². The fourth-order valence-electron chi connectivity index (χ4n) is 3.65. The summed E-state index contributed by atoms with van der Waals surface area (Å²) in [6.07, 6.45) is 0. The van der Waals surface area contributed by atoms with Crippen molar-refractivity contribution in [3.63, 3.8) is 0 Å². The second-order valence-electron chi connectivity index (χ2n) is 8.78. The van der Waals surface area contributed by atoms with Gasteiger partial charge in [0.25, 0.3) is 11.8 Å². The number of ether oxygens (including phenoxy) is 1. The van der Waals surface area contributed by atoms with E-state index in [1.54, 1.807) is 18.2 Å². The number of anilines is 1. The van der Waals surface area contributed by atoms with Crippen molar-refractivity contribution in [3.05, 3.63) is 58.1 Å². The van der Waals surface area contributed by atoms with Crippen LogP contribution in [0.2, 0.25) is 5.02 Å². The fourth-order valence-corrected chi connectivity index (χ4v) is 4.04. The number of nitrogens with zero attached hydrogens (tertiary/aromatic N) is 2. The predicted molar refractivity (Wildman–Crippen MR) is 140 cm³/mol. The van der Waals surface area contributed by atoms with Gasteiger partial charge in [-0.15, -0.1) is 0 Å². The van der Waals surface area contributed by atoms with Gasteiger partial charge in [-0.05, 0) is 67.5 Å². The number of hydrogen-bond donors (Lipinski definition) is 2. The molecule has 0 aliphatic carbocycles. The summed E-state index contributed by atoms with van der Waals surface area (Å²) in [4.78, 5) is 29.3. The zero-order valence-corrected chi connectivity index (χ0v) is 21.6. The first kappa shape index (κ1) is 25.9. The number of aryl methyl sites for hydroxylation is 1. The molecule has 0 spiro atoms. The zero-order valence-electron chi connectivity index (χ0n) is 20.0. The van der Waals surface area contributed by atoms with Crippen LogP contribution in [0.3, 0.4) is 0 Å². The van der Waals surface area contributed by atoms with Crippen LogP contribution >= 0.6 is 23.8 Å². The zero-order chi connectivity index (χ0) is 24.8. The van der Waals surface area contributed by atoms with Crippen LogP contribution in [-0.4, -0.2) is 66.6 Å². The highest BCUT2D eigenvalue weighted by Gasteiger charge is 2.21. The van der Waals surface area contributed by atoms with Crippen molar-refractivity contribution in [1.82, 2.24) is 15.1 Å². The minimum atomic E-state index is -0.394. The van der Waals surface area contributed by atoms with Crippen LogP contribution in [0.25, 0.3) is 0 Å². The predicted octanol–water partition coefficient (Wildman–Crippen LogP) is 4.05. The third-order valence-corrected chi connectivity index (χ3v) is 6.19. The molecule has 2 aromatic carbocycles. The number of halogens is 1. The van der Waals surface area contributed by atoms with E-state index in [1.807, 2.05) is 37.1 Å². The number of likely N-dealkylation sites (N-methyl/N-ethyl adjacent to an activating group) is 1. The van der Waals surface area contributed by atoms with Gasteiger partial charge in [-0.3, -0.25) is 14.9 Å². The first-order valence-electron chi connectivity index (χ1n) is 11.3. The summed E-state index contributed by atoms with van der Waals surface area (Å²) in [6, 6.07) is 10.9. The van der Waals surface area contributed by atoms with E-state index in [0.717, 1.165) is 24.2 Å². The molecule has 1 aliphatic rings. The third kappa shape index (κ3) is 6.91. The van der Waals surface area contributed by atoms with Gasteiger partial charge in [-0.1, -0.05) is 37.6 Å². The molecule has 2 aromatic rings. The molecule has 7 nitrogen and oxygen atoms in total. The maximum atomic E-state index is 12.9. The minimum absolute atomic E-state index is 0.0599. The Morgan fingerprint density at radius 2 is 1.82 bits per heavy atom. The summed E-state index contributed by atoms with van der Waals surface area (Å²) in [7, 11) is 2.04. The number of carbonyl (C=O) groups excluding carboxylic acids is 2. The molecule has 0 atom stereocenters. The molecule has 0 radical (unpaired) electrons. The fraction of sp³-hybridized carbons (Fsp3) is 0.400. The lowest BCUT2D eigenvalue weighted by atomic mass is 10.0. The Morgan fingerprint density at radius 1 is 1.12 bits per heavy atom. The van der Waals surface area contributed by atoms with E-state index < -0.39 is 5.91 Å². The van der Waals surface area contributed by atoms with Crippen LogP contribution in [0, 0.1) is 6.92 Å². The van der Waals surface area contributed by atoms with E-state index in [4.69, 9.17) is 28.6 Å². The van der Waals surface area contributed by atoms with Crippen molar-refractivity contribution in [1.29, 1.82) is 0 Å². The van der Waals surface area contributed by atoms with E-state index in [9.17, 15) is 9.59 Å². The van der Waals surface area contributed by atoms with Crippen molar-refractivity contribution in [2.45, 2.75) is 26.7 Å². The quantitative estimate of drug-likeness (QED) is 0.580. The van der Waals surface area contributed by atoms with E-state index in [0.29, 0.717) is 35.1 Å². The lowest BCUT2D eigenvalue weighted by Gasteiger charge is -2.32. The molecule has 1 saturated heterocycles. The van der Waals surface area contributed by atoms with Crippen molar-refractivity contribution >= 4 is 46.4 Å². The minimum Gasteiger partial charge on any atom is -0.483 e. The molecule has 1 aliphatic heterocycles. The van der Waals surface area contributed by atoms with Crippen LogP contribution in [0.15, 0.2) is 36.4 Å². The Kier molecular flexibility index (Phi) is 8.88. The monoisotopic (exact) mass is 502 g/mol. The Labute approximate surface area is 211 Å². The number of rotatable bonds is 6. The highest BCUT2D eigenvalue weighted by molar-refractivity contribution is 7.80. The van der Waals surface area contributed by atoms with Crippen LogP contribution in [0.5, 0.6) is 5.75 Å². The maximum Gasteiger partial charge on any atom is 0.264 e. The Hall–Kier alpha value is -2.68. The summed E-state index contributed by atoms with van der Waals surface area (Å²) in [5, 5.41) is 5.99. The number of carbonyl (C=O) groups is 2. The smallest absolute Gasteiger partial charge is 0.264 e. The molecule has 3 rings (SSSR count). The topological polar surface area (TPSA) is 73.9 Å². The molecule has 2 amide bonds. The van der Waals surface area contributed by atoms with Gasteiger partial charge in [0.15, 0.2) is 11.7 Å². The van der Waals surface area contributed by atoms with Gasteiger partial charge < -0.3 is 19.9 Å². The van der Waals surface area contributed by atoms with E-state index in [1.165, 1.54) is 0 Å². The molecular formula is C25H31ClN4O3S. The highest BCUT2D eigenvalue weighted by Crippen LogP contribution is 2.27. The number of benzene rings is 2. The number of piperazine rings is 1. The molecule has 2 N–H and O–H groups in total. The SMILES string of the molecule is Cc1ccc(C(C)C)c(OCC(=O)NC(=S)Nc2cc(C(=O)N3CCN(C)CC3)ccc2Cl)c1. The third-order valence-electron chi connectivity index (χ3n) is 5.65. The van der Waals surface area contributed by atoms with E-state index in [2.05, 4.69) is 29.4 Å². The lowest BCUT2D eigenvalue weighted by Crippen LogP contribution is -2.47. The van der Waals surface area contributed by atoms with Crippen LogP contribution in [-0.2, 0) is 4.79 Å². The molecule has 34 heavy (non-hydrogen) atoms. The molecule has 0 unspecified atom stereocenters. The summed E-state index contributed by atoms with van der Waals surface area (Å²) >= 11 is 11.6. The summed E-state index contributed by atoms with van der Waals surface area (Å²) in [6.45, 7) is 8.96. The van der Waals surface area contributed by atoms with Gasteiger partial charge in [0.2, 0.25) is 0 Å².